The number of carboxylic acids is 1. The normalized spacial score (nSPS) is 13.1. The molecule has 6 heteroatoms. The van der Waals surface area contributed by atoms with Crippen molar-refractivity contribution in [2.24, 2.45) is 0 Å². The topological polar surface area (TPSA) is 84.9 Å². The van der Waals surface area contributed by atoms with E-state index in [0.717, 1.165) is 5.56 Å². The van der Waals surface area contributed by atoms with Crippen LogP contribution in [0.1, 0.15) is 32.3 Å². The minimum Gasteiger partial charge on any atom is -0.493 e. The third kappa shape index (κ3) is 4.38. The van der Waals surface area contributed by atoms with Gasteiger partial charge in [-0.1, -0.05) is 19.4 Å². The summed E-state index contributed by atoms with van der Waals surface area (Å²) < 4.78 is 10.3. The van der Waals surface area contributed by atoms with Crippen molar-refractivity contribution in [3.8, 4) is 11.5 Å². The lowest BCUT2D eigenvalue weighted by Gasteiger charge is -2.25. The molecular weight excluding hydrogens is 286 g/mol. The molecule has 122 valence electrons. The number of hydrogen-bond donors (Lipinski definition) is 2. The molecule has 0 radical (unpaired) electrons. The molecule has 0 saturated heterocycles. The Hall–Kier alpha value is -2.24. The number of carbonyl (C=O) groups is 2. The van der Waals surface area contributed by atoms with Gasteiger partial charge in [0.05, 0.1) is 20.6 Å². The van der Waals surface area contributed by atoms with Crippen LogP contribution in [0.15, 0.2) is 18.2 Å². The number of aliphatic carboxylic acids is 1. The highest BCUT2D eigenvalue weighted by atomic mass is 16.5. The first-order chi connectivity index (χ1) is 10.4. The second kappa shape index (κ2) is 7.68. The molecule has 0 aliphatic carbocycles. The van der Waals surface area contributed by atoms with E-state index in [4.69, 9.17) is 9.47 Å². The van der Waals surface area contributed by atoms with E-state index in [1.807, 2.05) is 6.92 Å². The number of hydrogen-bond acceptors (Lipinski definition) is 4. The van der Waals surface area contributed by atoms with Crippen LogP contribution in [-0.4, -0.2) is 36.7 Å². The number of rotatable bonds is 8. The minimum absolute atomic E-state index is 0.0763. The van der Waals surface area contributed by atoms with Crippen LogP contribution in [0.2, 0.25) is 0 Å². The third-order valence-electron chi connectivity index (χ3n) is 3.45. The van der Waals surface area contributed by atoms with E-state index < -0.39 is 11.5 Å². The number of carbonyl (C=O) groups excluding carboxylic acids is 1. The highest BCUT2D eigenvalue weighted by molar-refractivity contribution is 5.87. The lowest BCUT2D eigenvalue weighted by molar-refractivity contribution is -0.147. The summed E-state index contributed by atoms with van der Waals surface area (Å²) in [5, 5.41) is 11.9. The average molecular weight is 309 g/mol. The van der Waals surface area contributed by atoms with Crippen LogP contribution in [-0.2, 0) is 16.0 Å². The molecule has 22 heavy (non-hydrogen) atoms. The molecule has 0 heterocycles. The zero-order chi connectivity index (χ0) is 16.8. The Labute approximate surface area is 130 Å². The highest BCUT2D eigenvalue weighted by Crippen LogP contribution is 2.27. The average Bonchev–Trinajstić information content (AvgIpc) is 2.46. The van der Waals surface area contributed by atoms with Crippen LogP contribution in [0.5, 0.6) is 11.5 Å². The van der Waals surface area contributed by atoms with Crippen LogP contribution >= 0.6 is 0 Å². The molecule has 6 nitrogen and oxygen atoms in total. The van der Waals surface area contributed by atoms with Gasteiger partial charge in [-0.05, 0) is 31.0 Å². The van der Waals surface area contributed by atoms with Crippen molar-refractivity contribution < 1.29 is 24.2 Å². The van der Waals surface area contributed by atoms with Gasteiger partial charge in [-0.15, -0.1) is 0 Å². The Bertz CT molecular complexity index is 543. The fourth-order valence-corrected chi connectivity index (χ4v) is 2.25. The summed E-state index contributed by atoms with van der Waals surface area (Å²) in [6, 6.07) is 5.17. The number of amides is 1. The summed E-state index contributed by atoms with van der Waals surface area (Å²) in [4.78, 5) is 23.4. The quantitative estimate of drug-likeness (QED) is 0.767. The van der Waals surface area contributed by atoms with Crippen LogP contribution < -0.4 is 14.8 Å². The van der Waals surface area contributed by atoms with E-state index in [-0.39, 0.29) is 12.3 Å². The molecule has 1 atom stereocenters. The molecule has 0 fully saturated rings. The van der Waals surface area contributed by atoms with Gasteiger partial charge in [0, 0.05) is 0 Å². The first kappa shape index (κ1) is 17.8. The fraction of sp³-hybridized carbons (Fsp3) is 0.500. The second-order valence-corrected chi connectivity index (χ2v) is 5.30. The molecule has 2 N–H and O–H groups in total. The maximum atomic E-state index is 12.1. The van der Waals surface area contributed by atoms with Gasteiger partial charge in [0.2, 0.25) is 5.91 Å². The fourth-order valence-electron chi connectivity index (χ4n) is 2.25. The molecule has 0 spiro atoms. The zero-order valence-electron chi connectivity index (χ0n) is 13.4. The van der Waals surface area contributed by atoms with Crippen molar-refractivity contribution >= 4 is 11.9 Å². The standard InChI is InChI=1S/C16H23NO5/c1-5-8-16(2,15(19)20)17-14(18)10-11-6-7-12(21-3)13(9-11)22-4/h6-7,9H,5,8,10H2,1-4H3,(H,17,18)(H,19,20). The van der Waals surface area contributed by atoms with Crippen LogP contribution in [0.3, 0.4) is 0 Å². The summed E-state index contributed by atoms with van der Waals surface area (Å²) >= 11 is 0. The second-order valence-electron chi connectivity index (χ2n) is 5.30. The van der Waals surface area contributed by atoms with Crippen LogP contribution in [0.25, 0.3) is 0 Å². The third-order valence-corrected chi connectivity index (χ3v) is 3.45. The summed E-state index contributed by atoms with van der Waals surface area (Å²) in [6.07, 6.45) is 1.12. The summed E-state index contributed by atoms with van der Waals surface area (Å²) in [6.45, 7) is 3.40. The van der Waals surface area contributed by atoms with Gasteiger partial charge in [0.25, 0.3) is 0 Å². The predicted octanol–water partition coefficient (Wildman–Crippen LogP) is 2.01. The minimum atomic E-state index is -1.25. The van der Waals surface area contributed by atoms with Gasteiger partial charge in [-0.3, -0.25) is 4.79 Å². The molecule has 0 bridgehead atoms. The number of nitrogens with one attached hydrogen (secondary N) is 1. The zero-order valence-corrected chi connectivity index (χ0v) is 13.4. The smallest absolute Gasteiger partial charge is 0.329 e. The summed E-state index contributed by atoms with van der Waals surface area (Å²) in [5.41, 5.74) is -0.526. The molecule has 0 aliphatic heterocycles. The highest BCUT2D eigenvalue weighted by Gasteiger charge is 2.33. The Morgan fingerprint density at radius 3 is 2.36 bits per heavy atom. The van der Waals surface area contributed by atoms with Gasteiger partial charge in [-0.25, -0.2) is 4.79 Å². The predicted molar refractivity (Wildman–Crippen MR) is 82.3 cm³/mol. The van der Waals surface area contributed by atoms with Gasteiger partial charge in [-0.2, -0.15) is 0 Å². The Morgan fingerprint density at radius 1 is 1.23 bits per heavy atom. The summed E-state index contributed by atoms with van der Waals surface area (Å²) in [5.74, 6) is -0.268. The van der Waals surface area contributed by atoms with Gasteiger partial charge in [0.15, 0.2) is 11.5 Å². The number of benzene rings is 1. The van der Waals surface area contributed by atoms with Crippen molar-refractivity contribution in [3.05, 3.63) is 23.8 Å². The van der Waals surface area contributed by atoms with Crippen molar-refractivity contribution in [3.63, 3.8) is 0 Å². The molecule has 1 amide bonds. The molecule has 0 saturated carbocycles. The molecule has 1 aromatic rings. The summed E-state index contributed by atoms with van der Waals surface area (Å²) in [7, 11) is 3.05. The van der Waals surface area contributed by atoms with Gasteiger partial charge >= 0.3 is 5.97 Å². The Balaban J connectivity index is 2.82. The van der Waals surface area contributed by atoms with E-state index >= 15 is 0 Å². The number of carboxylic acid groups (broad SMARTS) is 1. The molecule has 0 aromatic heterocycles. The van der Waals surface area contributed by atoms with Crippen LogP contribution in [0.4, 0.5) is 0 Å². The largest absolute Gasteiger partial charge is 0.493 e. The maximum Gasteiger partial charge on any atom is 0.329 e. The lowest BCUT2D eigenvalue weighted by Crippen LogP contribution is -2.52. The van der Waals surface area contributed by atoms with Gasteiger partial charge in [0.1, 0.15) is 5.54 Å². The van der Waals surface area contributed by atoms with E-state index in [0.29, 0.717) is 24.3 Å². The Morgan fingerprint density at radius 2 is 1.86 bits per heavy atom. The van der Waals surface area contributed by atoms with Crippen molar-refractivity contribution in [2.45, 2.75) is 38.6 Å². The van der Waals surface area contributed by atoms with E-state index in [1.165, 1.54) is 21.1 Å². The Kier molecular flexibility index (Phi) is 6.22. The lowest BCUT2D eigenvalue weighted by atomic mass is 9.96. The van der Waals surface area contributed by atoms with Gasteiger partial charge < -0.3 is 19.9 Å². The molecule has 1 unspecified atom stereocenters. The monoisotopic (exact) mass is 309 g/mol. The van der Waals surface area contributed by atoms with E-state index in [1.54, 1.807) is 18.2 Å². The number of ether oxygens (including phenoxy) is 2. The van der Waals surface area contributed by atoms with E-state index in [2.05, 4.69) is 5.32 Å². The maximum absolute atomic E-state index is 12.1. The van der Waals surface area contributed by atoms with Crippen molar-refractivity contribution in [1.29, 1.82) is 0 Å². The first-order valence-electron chi connectivity index (χ1n) is 7.11. The SMILES string of the molecule is CCCC(C)(NC(=O)Cc1ccc(OC)c(OC)c1)C(=O)O. The van der Waals surface area contributed by atoms with E-state index in [9.17, 15) is 14.7 Å². The van der Waals surface area contributed by atoms with Crippen LogP contribution in [0, 0.1) is 0 Å². The molecule has 1 aromatic carbocycles. The number of methoxy groups -OCH3 is 2. The molecule has 1 rings (SSSR count). The molecule has 0 aliphatic rings. The van der Waals surface area contributed by atoms with Crippen molar-refractivity contribution in [1.82, 2.24) is 5.32 Å². The van der Waals surface area contributed by atoms with Crippen molar-refractivity contribution in [2.75, 3.05) is 14.2 Å². The first-order valence-corrected chi connectivity index (χ1v) is 7.11. The molecular formula is C16H23NO5.